The van der Waals surface area contributed by atoms with E-state index in [9.17, 15) is 13.2 Å². The van der Waals surface area contributed by atoms with Crippen molar-refractivity contribution in [2.45, 2.75) is 51.0 Å². The van der Waals surface area contributed by atoms with Gasteiger partial charge in [-0.3, -0.25) is 4.79 Å². The number of amides is 1. The van der Waals surface area contributed by atoms with Crippen LogP contribution in [0.4, 0.5) is 5.69 Å². The maximum atomic E-state index is 12.6. The third kappa shape index (κ3) is 5.58. The lowest BCUT2D eigenvalue weighted by atomic mass is 9.87. The molecule has 158 valence electrons. The van der Waals surface area contributed by atoms with Gasteiger partial charge in [-0.15, -0.1) is 0 Å². The second-order valence-corrected chi connectivity index (χ2v) is 10.4. The predicted molar refractivity (Wildman–Crippen MR) is 116 cm³/mol. The van der Waals surface area contributed by atoms with Crippen LogP contribution in [0, 0.1) is 6.92 Å². The van der Waals surface area contributed by atoms with Crippen LogP contribution in [0.25, 0.3) is 0 Å². The SMILES string of the molecule is Cc1ccc(S(=O)(=O)N(C)C)cc1NC(=O)[C@H](C)Oc1ccc(C(C)(C)C)cc1. The highest BCUT2D eigenvalue weighted by Gasteiger charge is 2.21. The number of sulfonamides is 1. The molecule has 0 saturated carbocycles. The zero-order chi connectivity index (χ0) is 22.0. The van der Waals surface area contributed by atoms with Crippen molar-refractivity contribution in [2.24, 2.45) is 0 Å². The molecule has 0 heterocycles. The normalized spacial score (nSPS) is 13.2. The van der Waals surface area contributed by atoms with Gasteiger partial charge in [-0.1, -0.05) is 39.0 Å². The van der Waals surface area contributed by atoms with Crippen molar-refractivity contribution in [3.05, 3.63) is 53.6 Å². The number of rotatable bonds is 6. The van der Waals surface area contributed by atoms with E-state index in [1.165, 1.54) is 31.8 Å². The van der Waals surface area contributed by atoms with E-state index in [1.807, 2.05) is 24.3 Å². The van der Waals surface area contributed by atoms with Crippen molar-refractivity contribution in [3.8, 4) is 5.75 Å². The number of anilines is 1. The molecule has 0 radical (unpaired) electrons. The van der Waals surface area contributed by atoms with Crippen molar-refractivity contribution < 1.29 is 17.9 Å². The number of carbonyl (C=O) groups excluding carboxylic acids is 1. The second kappa shape index (κ2) is 8.55. The fraction of sp³-hybridized carbons (Fsp3) is 0.409. The largest absolute Gasteiger partial charge is 0.481 e. The number of nitrogens with zero attached hydrogens (tertiary/aromatic N) is 1. The quantitative estimate of drug-likeness (QED) is 0.771. The van der Waals surface area contributed by atoms with E-state index < -0.39 is 16.1 Å². The maximum absolute atomic E-state index is 12.6. The van der Waals surface area contributed by atoms with Crippen LogP contribution in [-0.2, 0) is 20.2 Å². The van der Waals surface area contributed by atoms with Gasteiger partial charge in [0.2, 0.25) is 10.0 Å². The van der Waals surface area contributed by atoms with Crippen LogP contribution in [0.15, 0.2) is 47.4 Å². The molecule has 29 heavy (non-hydrogen) atoms. The molecular formula is C22H30N2O4S. The summed E-state index contributed by atoms with van der Waals surface area (Å²) in [5.41, 5.74) is 2.42. The standard InChI is InChI=1S/C22H30N2O4S/c1-15-8-13-19(29(26,27)24(6)7)14-20(15)23-21(25)16(2)28-18-11-9-17(10-12-18)22(3,4)5/h8-14,16H,1-7H3,(H,23,25)/t16-/m0/s1. The van der Waals surface area contributed by atoms with E-state index in [4.69, 9.17) is 4.74 Å². The molecule has 0 bridgehead atoms. The monoisotopic (exact) mass is 418 g/mol. The highest BCUT2D eigenvalue weighted by Crippen LogP contribution is 2.25. The third-order valence-corrected chi connectivity index (χ3v) is 6.46. The molecule has 1 amide bonds. The van der Waals surface area contributed by atoms with Crippen molar-refractivity contribution in [1.29, 1.82) is 0 Å². The van der Waals surface area contributed by atoms with Crippen molar-refractivity contribution in [1.82, 2.24) is 4.31 Å². The molecule has 0 aliphatic rings. The average Bonchev–Trinajstić information content (AvgIpc) is 2.62. The molecule has 0 saturated heterocycles. The molecule has 0 spiro atoms. The van der Waals surface area contributed by atoms with E-state index in [2.05, 4.69) is 26.1 Å². The van der Waals surface area contributed by atoms with Crippen LogP contribution in [0.1, 0.15) is 38.8 Å². The van der Waals surface area contributed by atoms with Crippen molar-refractivity contribution in [3.63, 3.8) is 0 Å². The second-order valence-electron chi connectivity index (χ2n) is 8.29. The van der Waals surface area contributed by atoms with Crippen LogP contribution >= 0.6 is 0 Å². The Hall–Kier alpha value is -2.38. The summed E-state index contributed by atoms with van der Waals surface area (Å²) in [6.07, 6.45) is -0.746. The summed E-state index contributed by atoms with van der Waals surface area (Å²) in [5.74, 6) is 0.244. The van der Waals surface area contributed by atoms with Gasteiger partial charge >= 0.3 is 0 Å². The molecule has 0 aliphatic heterocycles. The van der Waals surface area contributed by atoms with Gasteiger partial charge in [0.15, 0.2) is 6.10 Å². The molecule has 7 heteroatoms. The zero-order valence-electron chi connectivity index (χ0n) is 18.1. The molecule has 0 aliphatic carbocycles. The highest BCUT2D eigenvalue weighted by molar-refractivity contribution is 7.89. The summed E-state index contributed by atoms with van der Waals surface area (Å²) >= 11 is 0. The number of hydrogen-bond donors (Lipinski definition) is 1. The van der Waals surface area contributed by atoms with Gasteiger partial charge in [0.05, 0.1) is 4.90 Å². The van der Waals surface area contributed by atoms with Crippen LogP contribution < -0.4 is 10.1 Å². The third-order valence-electron chi connectivity index (χ3n) is 4.65. The highest BCUT2D eigenvalue weighted by atomic mass is 32.2. The molecule has 0 unspecified atom stereocenters. The number of carbonyl (C=O) groups is 1. The first kappa shape index (κ1) is 22.9. The predicted octanol–water partition coefficient (Wildman–Crippen LogP) is 3.95. The molecule has 2 aromatic carbocycles. The Labute approximate surface area is 173 Å². The molecule has 1 N–H and O–H groups in total. The smallest absolute Gasteiger partial charge is 0.265 e. The minimum absolute atomic E-state index is 0.0386. The lowest BCUT2D eigenvalue weighted by Gasteiger charge is -2.20. The van der Waals surface area contributed by atoms with Gasteiger partial charge in [-0.2, -0.15) is 0 Å². The summed E-state index contributed by atoms with van der Waals surface area (Å²) in [7, 11) is -0.653. The Morgan fingerprint density at radius 2 is 1.66 bits per heavy atom. The van der Waals surface area contributed by atoms with Gasteiger partial charge in [0.25, 0.3) is 5.91 Å². The van der Waals surface area contributed by atoms with Crippen LogP contribution in [0.3, 0.4) is 0 Å². The lowest BCUT2D eigenvalue weighted by molar-refractivity contribution is -0.122. The van der Waals surface area contributed by atoms with Crippen LogP contribution in [-0.4, -0.2) is 38.8 Å². The molecule has 1 atom stereocenters. The molecule has 2 aromatic rings. The molecule has 2 rings (SSSR count). The number of aryl methyl sites for hydroxylation is 1. The van der Waals surface area contributed by atoms with E-state index in [0.717, 1.165) is 9.87 Å². The summed E-state index contributed by atoms with van der Waals surface area (Å²) in [5, 5.41) is 2.77. The van der Waals surface area contributed by atoms with E-state index in [1.54, 1.807) is 19.9 Å². The van der Waals surface area contributed by atoms with Crippen molar-refractivity contribution in [2.75, 3.05) is 19.4 Å². The topological polar surface area (TPSA) is 75.7 Å². The minimum Gasteiger partial charge on any atom is -0.481 e. The van der Waals surface area contributed by atoms with E-state index in [-0.39, 0.29) is 16.2 Å². The number of benzene rings is 2. The Balaban J connectivity index is 2.13. The number of ether oxygens (including phenoxy) is 1. The number of nitrogens with one attached hydrogen (secondary N) is 1. The Bertz CT molecular complexity index is 975. The molecule has 0 fully saturated rings. The first-order chi connectivity index (χ1) is 13.3. The van der Waals surface area contributed by atoms with E-state index in [0.29, 0.717) is 11.4 Å². The molecule has 0 aromatic heterocycles. The molecular weight excluding hydrogens is 388 g/mol. The zero-order valence-corrected chi connectivity index (χ0v) is 18.9. The lowest BCUT2D eigenvalue weighted by Crippen LogP contribution is -2.30. The first-order valence-corrected chi connectivity index (χ1v) is 10.9. The minimum atomic E-state index is -3.59. The van der Waals surface area contributed by atoms with Gasteiger partial charge in [-0.25, -0.2) is 12.7 Å². The fourth-order valence-electron chi connectivity index (χ4n) is 2.63. The van der Waals surface area contributed by atoms with Crippen LogP contribution in [0.2, 0.25) is 0 Å². The van der Waals surface area contributed by atoms with Gasteiger partial charge in [0, 0.05) is 19.8 Å². The summed E-state index contributed by atoms with van der Waals surface area (Å²) < 4.78 is 31.6. The van der Waals surface area contributed by atoms with Gasteiger partial charge in [0.1, 0.15) is 5.75 Å². The summed E-state index contributed by atoms with van der Waals surface area (Å²) in [6.45, 7) is 9.85. The maximum Gasteiger partial charge on any atom is 0.265 e. The Morgan fingerprint density at radius 1 is 1.07 bits per heavy atom. The van der Waals surface area contributed by atoms with Gasteiger partial charge < -0.3 is 10.1 Å². The number of hydrogen-bond acceptors (Lipinski definition) is 4. The van der Waals surface area contributed by atoms with Crippen molar-refractivity contribution >= 4 is 21.6 Å². The summed E-state index contributed by atoms with van der Waals surface area (Å²) in [6, 6.07) is 12.3. The Kier molecular flexibility index (Phi) is 6.75. The fourth-order valence-corrected chi connectivity index (χ4v) is 3.56. The average molecular weight is 419 g/mol. The van der Waals surface area contributed by atoms with Gasteiger partial charge in [-0.05, 0) is 54.7 Å². The summed E-state index contributed by atoms with van der Waals surface area (Å²) in [4.78, 5) is 12.7. The molecule has 6 nitrogen and oxygen atoms in total. The van der Waals surface area contributed by atoms with E-state index >= 15 is 0 Å². The van der Waals surface area contributed by atoms with Crippen LogP contribution in [0.5, 0.6) is 5.75 Å². The first-order valence-electron chi connectivity index (χ1n) is 9.43. The Morgan fingerprint density at radius 3 is 2.17 bits per heavy atom.